The van der Waals surface area contributed by atoms with Crippen molar-refractivity contribution in [2.45, 2.75) is 0 Å². The Morgan fingerprint density at radius 2 is 1.64 bits per heavy atom. The van der Waals surface area contributed by atoms with E-state index in [0.29, 0.717) is 57.0 Å². The number of fused-ring (bicyclic) bond motifs is 1. The number of anilines is 1. The first-order chi connectivity index (χ1) is 12.0. The highest BCUT2D eigenvalue weighted by Crippen LogP contribution is 2.39. The van der Waals surface area contributed by atoms with Gasteiger partial charge in [0.2, 0.25) is 0 Å². The van der Waals surface area contributed by atoms with Crippen molar-refractivity contribution in [1.82, 2.24) is 0 Å². The fourth-order valence-electron chi connectivity index (χ4n) is 2.35. The Morgan fingerprint density at radius 1 is 1.08 bits per heavy atom. The highest BCUT2D eigenvalue weighted by atomic mass is 79.9. The van der Waals surface area contributed by atoms with E-state index < -0.39 is 0 Å². The van der Waals surface area contributed by atoms with Gasteiger partial charge in [-0.05, 0) is 28.1 Å². The van der Waals surface area contributed by atoms with Gasteiger partial charge in [-0.25, -0.2) is 0 Å². The van der Waals surface area contributed by atoms with Crippen LogP contribution in [0, 0.1) is 0 Å². The molecule has 8 heteroatoms. The van der Waals surface area contributed by atoms with Gasteiger partial charge in [-0.15, -0.1) is 0 Å². The van der Waals surface area contributed by atoms with Crippen LogP contribution in [0.25, 0.3) is 0 Å². The van der Waals surface area contributed by atoms with Gasteiger partial charge >= 0.3 is 0 Å². The van der Waals surface area contributed by atoms with Gasteiger partial charge in [-0.2, -0.15) is 0 Å². The second-order valence-electron chi connectivity index (χ2n) is 5.12. The lowest BCUT2D eigenvalue weighted by Crippen LogP contribution is -2.17. The molecular formula is C17H15BrClNO5. The summed E-state index contributed by atoms with van der Waals surface area (Å²) < 4.78 is 22.1. The molecule has 0 bridgehead atoms. The number of hydrogen-bond acceptors (Lipinski definition) is 5. The molecule has 3 rings (SSSR count). The molecule has 1 heterocycles. The number of benzene rings is 2. The number of ether oxygens (including phenoxy) is 4. The van der Waals surface area contributed by atoms with Crippen molar-refractivity contribution in [2.75, 3.05) is 32.8 Å². The van der Waals surface area contributed by atoms with Crippen LogP contribution in [0.1, 0.15) is 10.4 Å². The van der Waals surface area contributed by atoms with E-state index in [0.717, 1.165) is 0 Å². The minimum Gasteiger partial charge on any atom is -0.495 e. The van der Waals surface area contributed by atoms with Gasteiger partial charge in [-0.3, -0.25) is 4.79 Å². The van der Waals surface area contributed by atoms with Crippen molar-refractivity contribution in [1.29, 1.82) is 0 Å². The van der Waals surface area contributed by atoms with Gasteiger partial charge < -0.3 is 24.3 Å². The third-order valence-electron chi connectivity index (χ3n) is 3.59. The van der Waals surface area contributed by atoms with Gasteiger partial charge in [0.25, 0.3) is 5.91 Å². The molecule has 0 atom stereocenters. The second kappa shape index (κ2) is 7.41. The number of methoxy groups -OCH3 is 2. The lowest BCUT2D eigenvalue weighted by molar-refractivity contribution is 0.102. The van der Waals surface area contributed by atoms with E-state index in [-0.39, 0.29) is 5.91 Å². The molecule has 0 spiro atoms. The molecule has 0 saturated carbocycles. The third-order valence-corrected chi connectivity index (χ3v) is 4.68. The summed E-state index contributed by atoms with van der Waals surface area (Å²) in [6, 6.07) is 6.47. The largest absolute Gasteiger partial charge is 0.495 e. The SMILES string of the molecule is COc1cc(C(=O)Nc2cc3c(cc2Cl)OCCO3)cc(OC)c1Br. The molecule has 2 aromatic carbocycles. The maximum atomic E-state index is 12.6. The molecule has 1 N–H and O–H groups in total. The van der Waals surface area contributed by atoms with Crippen molar-refractivity contribution in [3.05, 3.63) is 39.3 Å². The minimum atomic E-state index is -0.359. The van der Waals surface area contributed by atoms with Crippen LogP contribution < -0.4 is 24.3 Å². The lowest BCUT2D eigenvalue weighted by atomic mass is 10.1. The average Bonchev–Trinajstić information content (AvgIpc) is 2.62. The summed E-state index contributed by atoms with van der Waals surface area (Å²) in [6.07, 6.45) is 0. The molecule has 2 aromatic rings. The number of hydrogen-bond donors (Lipinski definition) is 1. The van der Waals surface area contributed by atoms with Crippen molar-refractivity contribution in [3.63, 3.8) is 0 Å². The van der Waals surface area contributed by atoms with Crippen LogP contribution in [0.3, 0.4) is 0 Å². The Kier molecular flexibility index (Phi) is 5.24. The Labute approximate surface area is 158 Å². The van der Waals surface area contributed by atoms with Crippen molar-refractivity contribution in [2.24, 2.45) is 0 Å². The van der Waals surface area contributed by atoms with E-state index >= 15 is 0 Å². The first-order valence-electron chi connectivity index (χ1n) is 7.35. The normalized spacial score (nSPS) is 12.5. The molecule has 1 amide bonds. The number of nitrogens with one attached hydrogen (secondary N) is 1. The predicted molar refractivity (Wildman–Crippen MR) is 97.6 cm³/mol. The van der Waals surface area contributed by atoms with Crippen molar-refractivity contribution in [3.8, 4) is 23.0 Å². The van der Waals surface area contributed by atoms with Gasteiger partial charge in [0, 0.05) is 17.7 Å². The molecule has 0 unspecified atom stereocenters. The number of carbonyl (C=O) groups excluding carboxylic acids is 1. The zero-order valence-corrected chi connectivity index (χ0v) is 15.9. The van der Waals surface area contributed by atoms with Crippen LogP contribution in [0.5, 0.6) is 23.0 Å². The molecule has 1 aliphatic rings. The molecule has 0 saturated heterocycles. The molecule has 0 aliphatic carbocycles. The summed E-state index contributed by atoms with van der Waals surface area (Å²) in [7, 11) is 3.03. The highest BCUT2D eigenvalue weighted by Gasteiger charge is 2.19. The van der Waals surface area contributed by atoms with E-state index in [9.17, 15) is 4.79 Å². The molecule has 0 aromatic heterocycles. The van der Waals surface area contributed by atoms with E-state index in [1.54, 1.807) is 24.3 Å². The molecule has 1 aliphatic heterocycles. The number of rotatable bonds is 4. The van der Waals surface area contributed by atoms with Gasteiger partial charge in [0.1, 0.15) is 29.2 Å². The van der Waals surface area contributed by atoms with Crippen LogP contribution in [0.2, 0.25) is 5.02 Å². The smallest absolute Gasteiger partial charge is 0.255 e. The zero-order valence-electron chi connectivity index (χ0n) is 13.5. The number of carbonyl (C=O) groups is 1. The highest BCUT2D eigenvalue weighted by molar-refractivity contribution is 9.10. The third kappa shape index (κ3) is 3.62. The van der Waals surface area contributed by atoms with Gasteiger partial charge in [0.15, 0.2) is 11.5 Å². The number of amides is 1. The summed E-state index contributed by atoms with van der Waals surface area (Å²) in [5.74, 6) is 1.70. The van der Waals surface area contributed by atoms with E-state index in [2.05, 4.69) is 21.2 Å². The summed E-state index contributed by atoms with van der Waals surface area (Å²) in [5.41, 5.74) is 0.791. The first-order valence-corrected chi connectivity index (χ1v) is 8.52. The topological polar surface area (TPSA) is 66.0 Å². The first kappa shape index (κ1) is 17.7. The molecule has 0 radical (unpaired) electrons. The lowest BCUT2D eigenvalue weighted by Gasteiger charge is -2.20. The molecule has 25 heavy (non-hydrogen) atoms. The average molecular weight is 429 g/mol. The maximum Gasteiger partial charge on any atom is 0.255 e. The molecule has 6 nitrogen and oxygen atoms in total. The maximum absolute atomic E-state index is 12.6. The van der Waals surface area contributed by atoms with Crippen LogP contribution in [0.15, 0.2) is 28.7 Å². The summed E-state index contributed by atoms with van der Waals surface area (Å²) in [6.45, 7) is 0.913. The molecule has 0 fully saturated rings. The standard InChI is InChI=1S/C17H15BrClNO5/c1-22-14-5-9(6-15(23-2)16(14)18)17(21)20-11-8-13-12(7-10(11)19)24-3-4-25-13/h5-8H,3-4H2,1-2H3,(H,20,21). The Morgan fingerprint density at radius 3 is 2.20 bits per heavy atom. The van der Waals surface area contributed by atoms with E-state index in [1.165, 1.54) is 14.2 Å². The zero-order chi connectivity index (χ0) is 18.0. The van der Waals surface area contributed by atoms with E-state index in [4.69, 9.17) is 30.5 Å². The minimum absolute atomic E-state index is 0.355. The van der Waals surface area contributed by atoms with Crippen LogP contribution in [0.4, 0.5) is 5.69 Å². The summed E-state index contributed by atoms with van der Waals surface area (Å²) in [5, 5.41) is 3.12. The van der Waals surface area contributed by atoms with Crippen LogP contribution in [-0.4, -0.2) is 33.3 Å². The molecular weight excluding hydrogens is 414 g/mol. The van der Waals surface area contributed by atoms with Crippen molar-refractivity contribution >= 4 is 39.1 Å². The second-order valence-corrected chi connectivity index (χ2v) is 6.32. The van der Waals surface area contributed by atoms with Gasteiger partial charge in [-0.1, -0.05) is 11.6 Å². The van der Waals surface area contributed by atoms with Crippen molar-refractivity contribution < 1.29 is 23.7 Å². The fourth-order valence-corrected chi connectivity index (χ4v) is 3.11. The van der Waals surface area contributed by atoms with Gasteiger partial charge in [0.05, 0.1) is 24.9 Å². The Balaban J connectivity index is 1.90. The monoisotopic (exact) mass is 427 g/mol. The van der Waals surface area contributed by atoms with E-state index in [1.807, 2.05) is 0 Å². The molecule has 132 valence electrons. The Hall–Kier alpha value is -2.12. The Bertz CT molecular complexity index is 802. The number of halogens is 2. The summed E-state index contributed by atoms with van der Waals surface area (Å²) >= 11 is 9.60. The predicted octanol–water partition coefficient (Wildman–Crippen LogP) is 4.14. The quantitative estimate of drug-likeness (QED) is 0.793. The van der Waals surface area contributed by atoms with Crippen LogP contribution >= 0.6 is 27.5 Å². The summed E-state index contributed by atoms with van der Waals surface area (Å²) in [4.78, 5) is 12.6. The fraction of sp³-hybridized carbons (Fsp3) is 0.235. The van der Waals surface area contributed by atoms with Crippen LogP contribution in [-0.2, 0) is 0 Å².